The average molecular weight is 389 g/mol. The van der Waals surface area contributed by atoms with Crippen molar-refractivity contribution in [2.75, 3.05) is 10.6 Å². The highest BCUT2D eigenvalue weighted by Gasteiger charge is 2.19. The number of hydrogen-bond acceptors (Lipinski definition) is 3. The minimum atomic E-state index is -0.557. The van der Waals surface area contributed by atoms with Crippen molar-refractivity contribution in [3.63, 3.8) is 0 Å². The Bertz CT molecular complexity index is 797. The van der Waals surface area contributed by atoms with E-state index in [1.807, 2.05) is 26.0 Å². The molecule has 0 heterocycles. The standard InChI is InChI=1S/C20H25ClN4O2/c1-3-13(2)18(22)19(26)24-15-8-6-7-14(11-15)12-23-20(27)25-17-10-5-4-9-16(17)21/h4-11,13,18H,3,12,22H2,1-2H3,(H,24,26)(H2,23,25,27). The molecule has 2 aromatic carbocycles. The molecule has 2 aromatic rings. The number of rotatable bonds is 7. The molecule has 6 nitrogen and oxygen atoms in total. The molecule has 0 aliphatic rings. The van der Waals surface area contributed by atoms with Crippen LogP contribution in [0.1, 0.15) is 25.8 Å². The lowest BCUT2D eigenvalue weighted by Gasteiger charge is -2.18. The molecule has 2 unspecified atom stereocenters. The van der Waals surface area contributed by atoms with E-state index >= 15 is 0 Å². The van der Waals surface area contributed by atoms with Crippen LogP contribution >= 0.6 is 11.6 Å². The first-order valence-electron chi connectivity index (χ1n) is 8.85. The second kappa shape index (κ2) is 9.94. The highest BCUT2D eigenvalue weighted by atomic mass is 35.5. The number of urea groups is 1. The van der Waals surface area contributed by atoms with Crippen LogP contribution in [-0.4, -0.2) is 18.0 Å². The first-order valence-corrected chi connectivity index (χ1v) is 9.23. The Morgan fingerprint density at radius 1 is 1.11 bits per heavy atom. The van der Waals surface area contributed by atoms with E-state index in [1.54, 1.807) is 36.4 Å². The fraction of sp³-hybridized carbons (Fsp3) is 0.300. The van der Waals surface area contributed by atoms with Gasteiger partial charge in [-0.3, -0.25) is 4.79 Å². The zero-order valence-electron chi connectivity index (χ0n) is 15.5. The number of anilines is 2. The van der Waals surface area contributed by atoms with Crippen molar-refractivity contribution in [3.8, 4) is 0 Å². The van der Waals surface area contributed by atoms with Crippen LogP contribution in [0.3, 0.4) is 0 Å². The van der Waals surface area contributed by atoms with Crippen LogP contribution in [0.15, 0.2) is 48.5 Å². The molecule has 5 N–H and O–H groups in total. The molecule has 0 aliphatic heterocycles. The molecule has 0 radical (unpaired) electrons. The van der Waals surface area contributed by atoms with Gasteiger partial charge in [0.25, 0.3) is 0 Å². The van der Waals surface area contributed by atoms with Gasteiger partial charge in [-0.2, -0.15) is 0 Å². The zero-order chi connectivity index (χ0) is 19.8. The molecule has 3 amide bonds. The van der Waals surface area contributed by atoms with Gasteiger partial charge in [0.2, 0.25) is 5.91 Å². The van der Waals surface area contributed by atoms with Crippen LogP contribution in [-0.2, 0) is 11.3 Å². The molecular formula is C20H25ClN4O2. The Kier molecular flexibility index (Phi) is 7.64. The van der Waals surface area contributed by atoms with E-state index in [-0.39, 0.29) is 17.9 Å². The SMILES string of the molecule is CCC(C)C(N)C(=O)Nc1cccc(CNC(=O)Nc2ccccc2Cl)c1. The monoisotopic (exact) mass is 388 g/mol. The van der Waals surface area contributed by atoms with Gasteiger partial charge in [0.1, 0.15) is 0 Å². The number of hydrogen-bond donors (Lipinski definition) is 4. The smallest absolute Gasteiger partial charge is 0.319 e. The average Bonchev–Trinajstić information content (AvgIpc) is 2.67. The van der Waals surface area contributed by atoms with Crippen molar-refractivity contribution in [1.29, 1.82) is 0 Å². The van der Waals surface area contributed by atoms with Gasteiger partial charge in [-0.05, 0) is 35.7 Å². The van der Waals surface area contributed by atoms with Crippen LogP contribution in [0, 0.1) is 5.92 Å². The molecule has 0 saturated heterocycles. The number of amides is 3. The first kappa shape index (κ1) is 20.7. The van der Waals surface area contributed by atoms with E-state index in [2.05, 4.69) is 16.0 Å². The molecule has 144 valence electrons. The summed E-state index contributed by atoms with van der Waals surface area (Å²) in [4.78, 5) is 24.2. The Labute approximate surface area is 164 Å². The van der Waals surface area contributed by atoms with E-state index in [1.165, 1.54) is 0 Å². The third-order valence-corrected chi connectivity index (χ3v) is 4.66. The van der Waals surface area contributed by atoms with Crippen molar-refractivity contribution >= 4 is 34.9 Å². The quantitative estimate of drug-likeness (QED) is 0.577. The molecule has 7 heteroatoms. The van der Waals surface area contributed by atoms with Gasteiger partial charge in [0.15, 0.2) is 0 Å². The number of nitrogens with two attached hydrogens (primary N) is 1. The molecular weight excluding hydrogens is 364 g/mol. The summed E-state index contributed by atoms with van der Waals surface area (Å²) in [5.74, 6) is -0.116. The third-order valence-electron chi connectivity index (χ3n) is 4.33. The maximum absolute atomic E-state index is 12.2. The first-order chi connectivity index (χ1) is 12.9. The maximum atomic E-state index is 12.2. The van der Waals surface area contributed by atoms with Crippen molar-refractivity contribution in [2.45, 2.75) is 32.9 Å². The third kappa shape index (κ3) is 6.27. The van der Waals surface area contributed by atoms with Crippen LogP contribution < -0.4 is 21.7 Å². The molecule has 0 aliphatic carbocycles. The topological polar surface area (TPSA) is 96.2 Å². The maximum Gasteiger partial charge on any atom is 0.319 e. The number of halogens is 1. The molecule has 27 heavy (non-hydrogen) atoms. The number of para-hydroxylation sites is 1. The Morgan fingerprint density at radius 3 is 2.56 bits per heavy atom. The fourth-order valence-electron chi connectivity index (χ4n) is 2.41. The predicted molar refractivity (Wildman–Crippen MR) is 110 cm³/mol. The normalized spacial score (nSPS) is 12.7. The minimum absolute atomic E-state index is 0.100. The molecule has 2 atom stereocenters. The largest absolute Gasteiger partial charge is 0.334 e. The zero-order valence-corrected chi connectivity index (χ0v) is 16.2. The van der Waals surface area contributed by atoms with Gasteiger partial charge in [-0.15, -0.1) is 0 Å². The highest BCUT2D eigenvalue weighted by molar-refractivity contribution is 6.33. The van der Waals surface area contributed by atoms with E-state index in [4.69, 9.17) is 17.3 Å². The van der Waals surface area contributed by atoms with Gasteiger partial charge in [-0.25, -0.2) is 4.79 Å². The number of carbonyl (C=O) groups excluding carboxylic acids is 2. The molecule has 0 fully saturated rings. The van der Waals surface area contributed by atoms with Gasteiger partial charge in [-0.1, -0.05) is 56.1 Å². The van der Waals surface area contributed by atoms with E-state index in [0.29, 0.717) is 22.9 Å². The summed E-state index contributed by atoms with van der Waals surface area (Å²) < 4.78 is 0. The Hall–Kier alpha value is -2.57. The van der Waals surface area contributed by atoms with E-state index in [9.17, 15) is 9.59 Å². The summed E-state index contributed by atoms with van der Waals surface area (Å²) in [7, 11) is 0. The summed E-state index contributed by atoms with van der Waals surface area (Å²) in [6.07, 6.45) is 0.832. The summed E-state index contributed by atoms with van der Waals surface area (Å²) >= 11 is 6.02. The van der Waals surface area contributed by atoms with Gasteiger partial charge >= 0.3 is 6.03 Å². The van der Waals surface area contributed by atoms with E-state index < -0.39 is 6.04 Å². The van der Waals surface area contributed by atoms with Crippen molar-refractivity contribution in [3.05, 3.63) is 59.1 Å². The van der Waals surface area contributed by atoms with Crippen LogP contribution in [0.4, 0.5) is 16.2 Å². The second-order valence-electron chi connectivity index (χ2n) is 6.39. The summed E-state index contributed by atoms with van der Waals surface area (Å²) in [5.41, 5.74) is 7.98. The van der Waals surface area contributed by atoms with Crippen LogP contribution in [0.2, 0.25) is 5.02 Å². The molecule has 0 saturated carbocycles. The summed E-state index contributed by atoms with van der Waals surface area (Å²) in [5, 5.41) is 8.74. The lowest BCUT2D eigenvalue weighted by atomic mass is 9.99. The second-order valence-corrected chi connectivity index (χ2v) is 6.80. The van der Waals surface area contributed by atoms with Gasteiger partial charge < -0.3 is 21.7 Å². The van der Waals surface area contributed by atoms with Crippen LogP contribution in [0.5, 0.6) is 0 Å². The van der Waals surface area contributed by atoms with Crippen molar-refractivity contribution < 1.29 is 9.59 Å². The predicted octanol–water partition coefficient (Wildman–Crippen LogP) is 3.97. The van der Waals surface area contributed by atoms with Gasteiger partial charge in [0, 0.05) is 12.2 Å². The van der Waals surface area contributed by atoms with Crippen molar-refractivity contribution in [2.24, 2.45) is 11.7 Å². The molecule has 0 bridgehead atoms. The lowest BCUT2D eigenvalue weighted by Crippen LogP contribution is -2.40. The number of nitrogens with one attached hydrogen (secondary N) is 3. The fourth-order valence-corrected chi connectivity index (χ4v) is 2.59. The number of benzene rings is 2. The summed E-state index contributed by atoms with van der Waals surface area (Å²) in [6, 6.07) is 13.3. The van der Waals surface area contributed by atoms with Crippen molar-refractivity contribution in [1.82, 2.24) is 5.32 Å². The number of carbonyl (C=O) groups is 2. The van der Waals surface area contributed by atoms with E-state index in [0.717, 1.165) is 12.0 Å². The lowest BCUT2D eigenvalue weighted by molar-refractivity contribution is -0.118. The molecule has 0 aromatic heterocycles. The highest BCUT2D eigenvalue weighted by Crippen LogP contribution is 2.20. The minimum Gasteiger partial charge on any atom is -0.334 e. The molecule has 2 rings (SSSR count). The van der Waals surface area contributed by atoms with Crippen LogP contribution in [0.25, 0.3) is 0 Å². The van der Waals surface area contributed by atoms with Gasteiger partial charge in [0.05, 0.1) is 16.8 Å². The molecule has 0 spiro atoms. The Balaban J connectivity index is 1.91. The Morgan fingerprint density at radius 2 is 1.85 bits per heavy atom. The summed E-state index contributed by atoms with van der Waals surface area (Å²) in [6.45, 7) is 4.25.